The number of nitrogens with zero attached hydrogens (tertiary/aromatic N) is 4. The van der Waals surface area contributed by atoms with Crippen LogP contribution in [0.4, 0.5) is 5.13 Å². The van der Waals surface area contributed by atoms with E-state index in [-0.39, 0.29) is 22.2 Å². The number of hydrogen-bond acceptors (Lipinski definition) is 10. The number of hydrogen-bond donors (Lipinski definition) is 3. The quantitative estimate of drug-likeness (QED) is 0.146. The summed E-state index contributed by atoms with van der Waals surface area (Å²) in [5.74, 6) is -2.28. The number of carboxylic acids is 1. The second-order valence-corrected chi connectivity index (χ2v) is 10.1. The van der Waals surface area contributed by atoms with Crippen LogP contribution in [-0.4, -0.2) is 86.4 Å². The minimum atomic E-state index is -1.38. The zero-order valence-corrected chi connectivity index (χ0v) is 19.1. The van der Waals surface area contributed by atoms with E-state index in [9.17, 15) is 24.7 Å². The fourth-order valence-corrected chi connectivity index (χ4v) is 6.49. The van der Waals surface area contributed by atoms with Gasteiger partial charge in [-0.1, -0.05) is 5.16 Å². The lowest BCUT2D eigenvalue weighted by molar-refractivity contribution is -0.910. The van der Waals surface area contributed by atoms with Gasteiger partial charge in [-0.15, -0.1) is 23.1 Å². The number of β-lactam (4-membered cyclic amide) rings is 1. The molecule has 4 heterocycles. The fraction of sp³-hybridized carbons (Fsp3) is 0.526. The normalized spacial score (nSPS) is 24.8. The van der Waals surface area contributed by atoms with E-state index in [1.165, 1.54) is 22.0 Å². The van der Waals surface area contributed by atoms with Crippen molar-refractivity contribution in [3.63, 3.8) is 0 Å². The lowest BCUT2D eigenvalue weighted by atomic mass is 10.0. The molecule has 1 unspecified atom stereocenters. The van der Waals surface area contributed by atoms with Crippen LogP contribution < -0.4 is 16.2 Å². The van der Waals surface area contributed by atoms with Crippen molar-refractivity contribution in [3.8, 4) is 0 Å². The molecule has 32 heavy (non-hydrogen) atoms. The van der Waals surface area contributed by atoms with Crippen LogP contribution in [0, 0.1) is 0 Å². The Bertz CT molecular complexity index is 1020. The molecule has 3 aliphatic heterocycles. The first-order valence-electron chi connectivity index (χ1n) is 10.3. The number of nitrogens with two attached hydrogens (primary N) is 1. The largest absolute Gasteiger partial charge is 0.543 e. The number of aliphatic carboxylic acids is 1. The number of likely N-dealkylation sites (tertiary alicyclic amines) is 1. The third-order valence-corrected chi connectivity index (χ3v) is 8.33. The number of carbonyl (C=O) groups excluding carboxylic acids is 3. The standard InChI is InChI=1S/C19H24N6O5S2/c1-2-25(5-3-4-6-25)7-10-8-31-17-13(16(27)24(17)14(10)18(28)29)22-15(26)12(23-30)11-9-32-19(20)21-11/h9,13,17H,2-8H2,1H3,(H4-,20,21,22,26,28,29,30)/t13?,17-/m1/s1. The first-order valence-corrected chi connectivity index (χ1v) is 12.2. The van der Waals surface area contributed by atoms with Gasteiger partial charge in [0, 0.05) is 29.5 Å². The molecule has 0 aromatic carbocycles. The van der Waals surface area contributed by atoms with Crippen LogP contribution in [-0.2, 0) is 14.4 Å². The number of likely N-dealkylation sites (N-methyl/N-ethyl adjacent to an activating group) is 1. The maximum Gasteiger partial charge on any atom is 0.276 e. The van der Waals surface area contributed by atoms with Crippen molar-refractivity contribution in [1.29, 1.82) is 0 Å². The minimum Gasteiger partial charge on any atom is -0.543 e. The third kappa shape index (κ3) is 3.84. The summed E-state index contributed by atoms with van der Waals surface area (Å²) >= 11 is 2.48. The highest BCUT2D eigenvalue weighted by molar-refractivity contribution is 8.00. The van der Waals surface area contributed by atoms with Crippen molar-refractivity contribution in [3.05, 3.63) is 22.3 Å². The van der Waals surface area contributed by atoms with E-state index in [0.29, 0.717) is 17.9 Å². The van der Waals surface area contributed by atoms with E-state index in [0.717, 1.165) is 48.3 Å². The fourth-order valence-electron chi connectivity index (χ4n) is 4.61. The predicted molar refractivity (Wildman–Crippen MR) is 117 cm³/mol. The molecule has 4 N–H and O–H groups in total. The van der Waals surface area contributed by atoms with Gasteiger partial charge >= 0.3 is 0 Å². The van der Waals surface area contributed by atoms with Gasteiger partial charge in [0.05, 0.1) is 31.3 Å². The Kier molecular flexibility index (Phi) is 6.14. The molecule has 0 radical (unpaired) electrons. The number of fused-ring (bicyclic) bond motifs is 1. The zero-order chi connectivity index (χ0) is 23.0. The summed E-state index contributed by atoms with van der Waals surface area (Å²) in [6.07, 6.45) is 2.21. The molecule has 1 aromatic rings. The second kappa shape index (κ2) is 8.71. The average molecular weight is 481 g/mol. The number of amides is 2. The average Bonchev–Trinajstić information content (AvgIpc) is 3.41. The first kappa shape index (κ1) is 22.6. The Hall–Kier alpha value is -2.64. The van der Waals surface area contributed by atoms with Crippen LogP contribution in [0.15, 0.2) is 21.8 Å². The zero-order valence-electron chi connectivity index (χ0n) is 17.4. The van der Waals surface area contributed by atoms with Crippen molar-refractivity contribution < 1.29 is 29.2 Å². The van der Waals surface area contributed by atoms with Crippen molar-refractivity contribution in [2.45, 2.75) is 31.2 Å². The molecule has 3 aliphatic rings. The molecular weight excluding hydrogens is 456 g/mol. The summed E-state index contributed by atoms with van der Waals surface area (Å²) in [7, 11) is 0. The molecule has 11 nitrogen and oxygen atoms in total. The van der Waals surface area contributed by atoms with Crippen LogP contribution in [0.1, 0.15) is 25.5 Å². The van der Waals surface area contributed by atoms with Gasteiger partial charge in [0.15, 0.2) is 10.8 Å². The minimum absolute atomic E-state index is 0.0783. The Labute approximate surface area is 192 Å². The number of thioether (sulfide) groups is 1. The summed E-state index contributed by atoms with van der Waals surface area (Å²) in [6.45, 7) is 5.55. The molecule has 2 saturated heterocycles. The Morgan fingerprint density at radius 1 is 1.44 bits per heavy atom. The van der Waals surface area contributed by atoms with Gasteiger partial charge in [0.1, 0.15) is 23.7 Å². The topological polar surface area (TPSA) is 161 Å². The highest BCUT2D eigenvalue weighted by Gasteiger charge is 2.53. The van der Waals surface area contributed by atoms with Gasteiger partial charge in [-0.3, -0.25) is 14.5 Å². The second-order valence-electron chi connectivity index (χ2n) is 8.09. The van der Waals surface area contributed by atoms with Crippen LogP contribution in [0.5, 0.6) is 0 Å². The number of thiazole rings is 1. The molecule has 2 atom stereocenters. The van der Waals surface area contributed by atoms with E-state index in [1.54, 1.807) is 0 Å². The number of carboxylic acid groups (broad SMARTS) is 1. The summed E-state index contributed by atoms with van der Waals surface area (Å²) < 4.78 is 0.812. The molecule has 0 aliphatic carbocycles. The molecule has 2 amide bonds. The molecule has 2 fully saturated rings. The number of quaternary nitrogens is 1. The number of rotatable bonds is 7. The van der Waals surface area contributed by atoms with Gasteiger partial charge in [-0.2, -0.15) is 0 Å². The molecule has 172 valence electrons. The molecule has 1 aromatic heterocycles. The summed E-state index contributed by atoms with van der Waals surface area (Å²) in [4.78, 5) is 42.6. The lowest BCUT2D eigenvalue weighted by Gasteiger charge is -2.51. The molecule has 0 spiro atoms. The van der Waals surface area contributed by atoms with Crippen molar-refractivity contribution in [2.75, 3.05) is 37.7 Å². The number of aromatic nitrogens is 1. The van der Waals surface area contributed by atoms with Gasteiger partial charge in [-0.05, 0) is 6.92 Å². The smallest absolute Gasteiger partial charge is 0.276 e. The van der Waals surface area contributed by atoms with E-state index >= 15 is 0 Å². The predicted octanol–water partition coefficient (Wildman–Crippen LogP) is -1.06. The number of carbonyl (C=O) groups is 3. The van der Waals surface area contributed by atoms with Crippen LogP contribution in [0.25, 0.3) is 0 Å². The molecule has 13 heteroatoms. The third-order valence-electron chi connectivity index (χ3n) is 6.32. The Balaban J connectivity index is 1.52. The number of oxime groups is 1. The Morgan fingerprint density at radius 2 is 2.16 bits per heavy atom. The van der Waals surface area contributed by atoms with E-state index in [4.69, 9.17) is 5.73 Å². The van der Waals surface area contributed by atoms with E-state index < -0.39 is 29.2 Å². The summed E-state index contributed by atoms with van der Waals surface area (Å²) in [5, 5.41) is 27.9. The molecular formula is C19H24N6O5S2. The SMILES string of the molecule is CC[N+]1(CC2=C(C(=O)[O-])N3C(=O)C(NC(=O)C(=NO)c4csc(N)n4)[C@H]3SC2)CCCC1. The van der Waals surface area contributed by atoms with E-state index in [2.05, 4.69) is 22.4 Å². The van der Waals surface area contributed by atoms with Crippen molar-refractivity contribution in [2.24, 2.45) is 5.16 Å². The molecule has 0 bridgehead atoms. The van der Waals surface area contributed by atoms with Gasteiger partial charge in [0.2, 0.25) is 0 Å². The van der Waals surface area contributed by atoms with Gasteiger partial charge in [-0.25, -0.2) is 4.98 Å². The number of anilines is 1. The maximum absolute atomic E-state index is 12.9. The molecule has 0 saturated carbocycles. The van der Waals surface area contributed by atoms with Crippen LogP contribution in [0.2, 0.25) is 0 Å². The van der Waals surface area contributed by atoms with Gasteiger partial charge < -0.3 is 30.6 Å². The number of nitrogen functional groups attached to an aromatic ring is 1. The van der Waals surface area contributed by atoms with Gasteiger partial charge in [0.25, 0.3) is 11.8 Å². The molecule has 4 rings (SSSR count). The highest BCUT2D eigenvalue weighted by atomic mass is 32.2. The summed E-state index contributed by atoms with van der Waals surface area (Å²) in [5.41, 5.74) is 5.90. The van der Waals surface area contributed by atoms with Crippen LogP contribution >= 0.6 is 23.1 Å². The monoisotopic (exact) mass is 480 g/mol. The lowest BCUT2D eigenvalue weighted by Crippen LogP contribution is -2.71. The maximum atomic E-state index is 12.9. The summed E-state index contributed by atoms with van der Waals surface area (Å²) in [6, 6.07) is -0.947. The highest BCUT2D eigenvalue weighted by Crippen LogP contribution is 2.41. The van der Waals surface area contributed by atoms with Crippen LogP contribution in [0.3, 0.4) is 0 Å². The van der Waals surface area contributed by atoms with E-state index in [1.807, 2.05) is 0 Å². The van der Waals surface area contributed by atoms with Crippen molar-refractivity contribution >= 4 is 51.7 Å². The number of nitrogens with one attached hydrogen (secondary N) is 1. The first-order chi connectivity index (χ1) is 15.3. The Morgan fingerprint density at radius 3 is 2.72 bits per heavy atom. The van der Waals surface area contributed by atoms with Crippen molar-refractivity contribution in [1.82, 2.24) is 15.2 Å².